The normalized spacial score (nSPS) is 13.9. The molecule has 3 rings (SSSR count). The summed E-state index contributed by atoms with van der Waals surface area (Å²) >= 11 is 0. The average Bonchev–Trinajstić information content (AvgIpc) is 2.58. The number of aryl methyl sites for hydroxylation is 1. The SMILES string of the molecule is COc1c(/C=C/C(C)(C)O)ccc2c1C(=O)OCc1cc(C)cc(O)c1O2. The highest BCUT2D eigenvalue weighted by molar-refractivity contribution is 5.97. The fourth-order valence-corrected chi connectivity index (χ4v) is 2.88. The van der Waals surface area contributed by atoms with Crippen LogP contribution in [-0.2, 0) is 11.3 Å². The Morgan fingerprint density at radius 2 is 2.00 bits per heavy atom. The highest BCUT2D eigenvalue weighted by atomic mass is 16.5. The molecule has 0 spiro atoms. The van der Waals surface area contributed by atoms with Crippen molar-refractivity contribution < 1.29 is 29.2 Å². The molecule has 0 saturated heterocycles. The minimum absolute atomic E-state index is 0.0288. The van der Waals surface area contributed by atoms with E-state index in [4.69, 9.17) is 14.2 Å². The van der Waals surface area contributed by atoms with E-state index in [1.165, 1.54) is 7.11 Å². The second-order valence-electron chi connectivity index (χ2n) is 7.00. The molecule has 2 aromatic rings. The topological polar surface area (TPSA) is 85.2 Å². The molecule has 0 aliphatic carbocycles. The molecule has 0 saturated carbocycles. The maximum absolute atomic E-state index is 12.7. The van der Waals surface area contributed by atoms with Gasteiger partial charge in [0.25, 0.3) is 0 Å². The second-order valence-corrected chi connectivity index (χ2v) is 7.00. The third-order valence-electron chi connectivity index (χ3n) is 4.09. The van der Waals surface area contributed by atoms with Gasteiger partial charge in [0, 0.05) is 11.1 Å². The minimum atomic E-state index is -1.02. The van der Waals surface area contributed by atoms with E-state index in [0.29, 0.717) is 11.1 Å². The van der Waals surface area contributed by atoms with Gasteiger partial charge in [-0.3, -0.25) is 0 Å². The molecule has 1 aliphatic rings. The van der Waals surface area contributed by atoms with Crippen LogP contribution in [0.25, 0.3) is 6.08 Å². The van der Waals surface area contributed by atoms with Crippen LogP contribution < -0.4 is 9.47 Å². The van der Waals surface area contributed by atoms with Crippen molar-refractivity contribution in [3.8, 4) is 23.0 Å². The van der Waals surface area contributed by atoms with Crippen LogP contribution >= 0.6 is 0 Å². The van der Waals surface area contributed by atoms with Gasteiger partial charge < -0.3 is 24.4 Å². The summed E-state index contributed by atoms with van der Waals surface area (Å²) < 4.78 is 16.7. The predicted octanol–water partition coefficient (Wildman–Crippen LogP) is 3.96. The number of rotatable bonds is 3. The Morgan fingerprint density at radius 3 is 2.67 bits per heavy atom. The lowest BCUT2D eigenvalue weighted by Crippen LogP contribution is -2.14. The molecule has 27 heavy (non-hydrogen) atoms. The fourth-order valence-electron chi connectivity index (χ4n) is 2.88. The van der Waals surface area contributed by atoms with Crippen LogP contribution in [0.1, 0.15) is 40.9 Å². The van der Waals surface area contributed by atoms with Crippen LogP contribution in [-0.4, -0.2) is 28.9 Å². The summed E-state index contributed by atoms with van der Waals surface area (Å²) in [6.45, 7) is 5.08. The molecule has 1 heterocycles. The van der Waals surface area contributed by atoms with Gasteiger partial charge in [-0.25, -0.2) is 4.79 Å². The lowest BCUT2D eigenvalue weighted by Gasteiger charge is -2.21. The number of hydrogen-bond acceptors (Lipinski definition) is 6. The third kappa shape index (κ3) is 3.90. The van der Waals surface area contributed by atoms with Gasteiger partial charge in [-0.1, -0.05) is 12.2 Å². The first-order chi connectivity index (χ1) is 12.7. The Labute approximate surface area is 157 Å². The van der Waals surface area contributed by atoms with Gasteiger partial charge in [0.15, 0.2) is 11.5 Å². The number of cyclic esters (lactones) is 1. The summed E-state index contributed by atoms with van der Waals surface area (Å²) in [5, 5.41) is 20.2. The number of aromatic hydroxyl groups is 1. The zero-order valence-corrected chi connectivity index (χ0v) is 15.7. The lowest BCUT2D eigenvalue weighted by atomic mass is 10.0. The van der Waals surface area contributed by atoms with E-state index < -0.39 is 11.6 Å². The number of fused-ring (bicyclic) bond motifs is 2. The standard InChI is InChI=1S/C21H22O6/c1-12-9-14-11-26-20(23)17-16(27-18(14)15(22)10-12)6-5-13(19(17)25-4)7-8-21(2,3)24/h5-10,22,24H,11H2,1-4H3/b8-7+. The van der Waals surface area contributed by atoms with E-state index in [1.54, 1.807) is 50.3 Å². The van der Waals surface area contributed by atoms with Crippen molar-refractivity contribution in [2.75, 3.05) is 7.11 Å². The van der Waals surface area contributed by atoms with Crippen molar-refractivity contribution in [2.45, 2.75) is 33.0 Å². The fraction of sp³-hybridized carbons (Fsp3) is 0.286. The van der Waals surface area contributed by atoms with Gasteiger partial charge >= 0.3 is 5.97 Å². The Kier molecular flexibility index (Phi) is 4.85. The van der Waals surface area contributed by atoms with E-state index in [2.05, 4.69) is 0 Å². The van der Waals surface area contributed by atoms with E-state index in [0.717, 1.165) is 5.56 Å². The summed E-state index contributed by atoms with van der Waals surface area (Å²) in [4.78, 5) is 12.7. The van der Waals surface area contributed by atoms with Crippen molar-refractivity contribution in [1.82, 2.24) is 0 Å². The molecule has 2 N–H and O–H groups in total. The van der Waals surface area contributed by atoms with Crippen molar-refractivity contribution >= 4 is 12.0 Å². The molecule has 6 heteroatoms. The molecule has 0 fully saturated rings. The van der Waals surface area contributed by atoms with Gasteiger partial charge in [0.2, 0.25) is 0 Å². The van der Waals surface area contributed by atoms with Crippen LogP contribution in [0, 0.1) is 6.92 Å². The highest BCUT2D eigenvalue weighted by Crippen LogP contribution is 2.42. The number of carbonyl (C=O) groups is 1. The van der Waals surface area contributed by atoms with Gasteiger partial charge in [0.1, 0.15) is 23.7 Å². The predicted molar refractivity (Wildman–Crippen MR) is 100 cm³/mol. The summed E-state index contributed by atoms with van der Waals surface area (Å²) in [5.74, 6) is 0.118. The first-order valence-corrected chi connectivity index (χ1v) is 8.49. The van der Waals surface area contributed by atoms with Gasteiger partial charge in [-0.2, -0.15) is 0 Å². The number of ether oxygens (including phenoxy) is 3. The van der Waals surface area contributed by atoms with Gasteiger partial charge in [0.05, 0.1) is 12.7 Å². The summed E-state index contributed by atoms with van der Waals surface area (Å²) in [5.41, 5.74) is 1.11. The maximum atomic E-state index is 12.7. The molecule has 142 valence electrons. The first kappa shape index (κ1) is 18.8. The number of carbonyl (C=O) groups excluding carboxylic acids is 1. The zero-order chi connectivity index (χ0) is 19.8. The quantitative estimate of drug-likeness (QED) is 0.796. The van der Waals surface area contributed by atoms with Gasteiger partial charge in [-0.05, 0) is 50.6 Å². The minimum Gasteiger partial charge on any atom is -0.504 e. The van der Waals surface area contributed by atoms with Crippen molar-refractivity contribution in [2.24, 2.45) is 0 Å². The number of methoxy groups -OCH3 is 1. The Balaban J connectivity index is 2.15. The molecule has 6 nitrogen and oxygen atoms in total. The largest absolute Gasteiger partial charge is 0.504 e. The molecular weight excluding hydrogens is 348 g/mol. The molecule has 0 amide bonds. The number of phenolic OH excluding ortho intramolecular Hbond substituents is 1. The lowest BCUT2D eigenvalue weighted by molar-refractivity contribution is 0.0454. The number of hydrogen-bond donors (Lipinski definition) is 2. The molecule has 1 aliphatic heterocycles. The summed E-state index contributed by atoms with van der Waals surface area (Å²) in [7, 11) is 1.44. The number of benzene rings is 2. The number of aliphatic hydroxyl groups is 1. The van der Waals surface area contributed by atoms with Crippen molar-refractivity contribution in [1.29, 1.82) is 0 Å². The maximum Gasteiger partial charge on any atom is 0.346 e. The monoisotopic (exact) mass is 370 g/mol. The molecule has 0 bridgehead atoms. The molecule has 0 unspecified atom stereocenters. The first-order valence-electron chi connectivity index (χ1n) is 8.49. The average molecular weight is 370 g/mol. The van der Waals surface area contributed by atoms with Crippen LogP contribution in [0.2, 0.25) is 0 Å². The van der Waals surface area contributed by atoms with E-state index in [9.17, 15) is 15.0 Å². The molecular formula is C21H22O6. The van der Waals surface area contributed by atoms with Crippen LogP contribution in [0.5, 0.6) is 23.0 Å². The zero-order valence-electron chi connectivity index (χ0n) is 15.7. The summed E-state index contributed by atoms with van der Waals surface area (Å²) in [6, 6.07) is 6.70. The van der Waals surface area contributed by atoms with Crippen molar-refractivity contribution in [3.63, 3.8) is 0 Å². The van der Waals surface area contributed by atoms with E-state index in [1.807, 2.05) is 6.92 Å². The van der Waals surface area contributed by atoms with Gasteiger partial charge in [-0.15, -0.1) is 0 Å². The van der Waals surface area contributed by atoms with Crippen LogP contribution in [0.4, 0.5) is 0 Å². The van der Waals surface area contributed by atoms with E-state index in [-0.39, 0.29) is 35.2 Å². The molecule has 0 atom stereocenters. The van der Waals surface area contributed by atoms with E-state index >= 15 is 0 Å². The molecule has 2 aromatic carbocycles. The van der Waals surface area contributed by atoms with Crippen LogP contribution in [0.3, 0.4) is 0 Å². The third-order valence-corrected chi connectivity index (χ3v) is 4.09. The Morgan fingerprint density at radius 1 is 1.26 bits per heavy atom. The number of esters is 1. The van der Waals surface area contributed by atoms with Crippen LogP contribution in [0.15, 0.2) is 30.3 Å². The Hall–Kier alpha value is -2.99. The Bertz CT molecular complexity index is 921. The molecule has 0 radical (unpaired) electrons. The molecule has 0 aromatic heterocycles. The van der Waals surface area contributed by atoms with Crippen molar-refractivity contribution in [3.05, 3.63) is 52.6 Å². The number of phenols is 1. The highest BCUT2D eigenvalue weighted by Gasteiger charge is 2.27. The smallest absolute Gasteiger partial charge is 0.346 e. The summed E-state index contributed by atoms with van der Waals surface area (Å²) in [6.07, 6.45) is 3.26. The second kappa shape index (κ2) is 6.96.